The van der Waals surface area contributed by atoms with Crippen LogP contribution in [0.3, 0.4) is 0 Å². The van der Waals surface area contributed by atoms with Crippen LogP contribution >= 0.6 is 23.6 Å². The minimum Gasteiger partial charge on any atom is -0.391 e. The van der Waals surface area contributed by atoms with Crippen LogP contribution in [0.2, 0.25) is 0 Å². The lowest BCUT2D eigenvalue weighted by atomic mass is 10.6. The number of rotatable bonds is 2. The number of aromatic nitrogens is 1. The summed E-state index contributed by atoms with van der Waals surface area (Å²) in [7, 11) is 0. The van der Waals surface area contributed by atoms with E-state index < -0.39 is 0 Å². The molecule has 3 N–H and O–H groups in total. The van der Waals surface area contributed by atoms with Crippen molar-refractivity contribution in [3.05, 3.63) is 16.1 Å². The summed E-state index contributed by atoms with van der Waals surface area (Å²) in [5.74, 6) is 0. The summed E-state index contributed by atoms with van der Waals surface area (Å²) >= 11 is 5.98. The van der Waals surface area contributed by atoms with E-state index in [1.807, 2.05) is 0 Å². The van der Waals surface area contributed by atoms with Crippen molar-refractivity contribution in [3.63, 3.8) is 0 Å². The molecule has 0 amide bonds. The van der Waals surface area contributed by atoms with Crippen LogP contribution in [0.5, 0.6) is 0 Å². The van der Waals surface area contributed by atoms with E-state index >= 15 is 0 Å². The first-order valence-corrected chi connectivity index (χ1v) is 3.82. The molecule has 3 nitrogen and oxygen atoms in total. The average Bonchev–Trinajstić information content (AvgIpc) is 2.34. The topological polar surface area (TPSA) is 59.1 Å². The molecule has 0 saturated carbocycles. The van der Waals surface area contributed by atoms with Gasteiger partial charge in [0.1, 0.15) is 4.99 Å². The van der Waals surface area contributed by atoms with Gasteiger partial charge in [-0.25, -0.2) is 4.98 Å². The number of thiazole rings is 1. The molecule has 10 heavy (non-hydrogen) atoms. The van der Waals surface area contributed by atoms with Crippen LogP contribution in [0.1, 0.15) is 9.88 Å². The van der Waals surface area contributed by atoms with E-state index in [1.165, 1.54) is 11.3 Å². The van der Waals surface area contributed by atoms with Gasteiger partial charge in [0, 0.05) is 6.20 Å². The summed E-state index contributed by atoms with van der Waals surface area (Å²) < 4.78 is 0. The fourth-order valence-corrected chi connectivity index (χ4v) is 1.30. The maximum atomic E-state index is 8.62. The smallest absolute Gasteiger partial charge is 0.150 e. The van der Waals surface area contributed by atoms with Gasteiger partial charge in [0.15, 0.2) is 5.01 Å². The Bertz CT molecular complexity index is 246. The highest BCUT2D eigenvalue weighted by Crippen LogP contribution is 2.11. The molecule has 1 aromatic rings. The summed E-state index contributed by atoms with van der Waals surface area (Å²) in [4.78, 5) is 4.94. The molecule has 0 atom stereocenters. The number of thiocarbonyl (C=S) groups is 1. The van der Waals surface area contributed by atoms with Crippen LogP contribution in [-0.4, -0.2) is 15.1 Å². The molecule has 0 spiro atoms. The standard InChI is InChI=1S/C5H6N2OS2/c6-4(9)5-7-1-3(2-8)10-5/h1,8H,2H2,(H2,6,9). The first kappa shape index (κ1) is 7.59. The molecule has 0 fully saturated rings. The molecule has 0 aliphatic carbocycles. The van der Waals surface area contributed by atoms with Gasteiger partial charge in [0.2, 0.25) is 0 Å². The van der Waals surface area contributed by atoms with Crippen LogP contribution in [0.4, 0.5) is 0 Å². The van der Waals surface area contributed by atoms with Crippen molar-refractivity contribution < 1.29 is 5.11 Å². The number of aliphatic hydroxyl groups is 1. The fourth-order valence-electron chi connectivity index (χ4n) is 0.495. The monoisotopic (exact) mass is 174 g/mol. The largest absolute Gasteiger partial charge is 0.391 e. The van der Waals surface area contributed by atoms with Gasteiger partial charge in [-0.2, -0.15) is 0 Å². The zero-order valence-electron chi connectivity index (χ0n) is 5.07. The molecular weight excluding hydrogens is 168 g/mol. The van der Waals surface area contributed by atoms with Crippen LogP contribution < -0.4 is 5.73 Å². The molecule has 0 radical (unpaired) electrons. The normalized spacial score (nSPS) is 9.70. The van der Waals surface area contributed by atoms with Crippen LogP contribution in [0.15, 0.2) is 6.20 Å². The summed E-state index contributed by atoms with van der Waals surface area (Å²) in [5, 5.41) is 9.23. The predicted molar refractivity (Wildman–Crippen MR) is 43.9 cm³/mol. The van der Waals surface area contributed by atoms with Gasteiger partial charge in [-0.05, 0) is 0 Å². The molecular formula is C5H6N2OS2. The minimum atomic E-state index is 0.000278. The molecule has 1 heterocycles. The Morgan fingerprint density at radius 3 is 2.90 bits per heavy atom. The van der Waals surface area contributed by atoms with E-state index in [9.17, 15) is 0 Å². The highest BCUT2D eigenvalue weighted by Gasteiger charge is 2.01. The van der Waals surface area contributed by atoms with Crippen molar-refractivity contribution >= 4 is 28.5 Å². The van der Waals surface area contributed by atoms with E-state index in [-0.39, 0.29) is 11.6 Å². The highest BCUT2D eigenvalue weighted by atomic mass is 32.1. The maximum Gasteiger partial charge on any atom is 0.150 e. The van der Waals surface area contributed by atoms with Crippen molar-refractivity contribution in [1.29, 1.82) is 0 Å². The summed E-state index contributed by atoms with van der Waals surface area (Å²) in [6.07, 6.45) is 1.57. The third-order valence-electron chi connectivity index (χ3n) is 0.920. The summed E-state index contributed by atoms with van der Waals surface area (Å²) in [5.41, 5.74) is 5.28. The number of hydrogen-bond donors (Lipinski definition) is 2. The molecule has 0 bridgehead atoms. The van der Waals surface area contributed by atoms with Gasteiger partial charge in [-0.15, -0.1) is 11.3 Å². The van der Waals surface area contributed by atoms with Crippen LogP contribution in [0, 0.1) is 0 Å². The van der Waals surface area contributed by atoms with Crippen molar-refractivity contribution in [3.8, 4) is 0 Å². The Labute approximate surface area is 67.5 Å². The van der Waals surface area contributed by atoms with E-state index in [2.05, 4.69) is 17.2 Å². The van der Waals surface area contributed by atoms with Gasteiger partial charge in [0.25, 0.3) is 0 Å². The van der Waals surface area contributed by atoms with Crippen molar-refractivity contribution in [2.45, 2.75) is 6.61 Å². The first-order valence-electron chi connectivity index (χ1n) is 2.59. The van der Waals surface area contributed by atoms with Crippen molar-refractivity contribution in [1.82, 2.24) is 4.98 Å². The quantitative estimate of drug-likeness (QED) is 0.632. The molecule has 0 unspecified atom stereocenters. The first-order chi connectivity index (χ1) is 4.74. The molecule has 54 valence electrons. The predicted octanol–water partition coefficient (Wildman–Crippen LogP) is 0.270. The minimum absolute atomic E-state index is 0.000278. The zero-order chi connectivity index (χ0) is 7.56. The molecule has 0 aromatic carbocycles. The van der Waals surface area contributed by atoms with Crippen molar-refractivity contribution in [2.24, 2.45) is 5.73 Å². The molecule has 1 rings (SSSR count). The summed E-state index contributed by atoms with van der Waals surface area (Å²) in [6.45, 7) is 0.000278. The molecule has 0 saturated heterocycles. The van der Waals surface area contributed by atoms with Gasteiger partial charge in [-0.1, -0.05) is 12.2 Å². The SMILES string of the molecule is NC(=S)c1ncc(CO)s1. The zero-order valence-corrected chi connectivity index (χ0v) is 6.71. The maximum absolute atomic E-state index is 8.62. The number of aliphatic hydroxyl groups excluding tert-OH is 1. The lowest BCUT2D eigenvalue weighted by Crippen LogP contribution is -2.07. The highest BCUT2D eigenvalue weighted by molar-refractivity contribution is 7.81. The van der Waals surface area contributed by atoms with Crippen molar-refractivity contribution in [2.75, 3.05) is 0 Å². The molecule has 1 aromatic heterocycles. The fraction of sp³-hybridized carbons (Fsp3) is 0.200. The van der Waals surface area contributed by atoms with E-state index in [1.54, 1.807) is 6.20 Å². The Hall–Kier alpha value is -0.520. The lowest BCUT2D eigenvalue weighted by molar-refractivity contribution is 0.285. The second-order valence-corrected chi connectivity index (χ2v) is 3.21. The van der Waals surface area contributed by atoms with Crippen LogP contribution in [0.25, 0.3) is 0 Å². The number of nitrogens with zero attached hydrogens (tertiary/aromatic N) is 1. The molecule has 0 aliphatic rings. The average molecular weight is 174 g/mol. The Kier molecular flexibility index (Phi) is 2.31. The summed E-state index contributed by atoms with van der Waals surface area (Å²) in [6, 6.07) is 0. The lowest BCUT2D eigenvalue weighted by Gasteiger charge is -1.85. The van der Waals surface area contributed by atoms with E-state index in [0.717, 1.165) is 4.88 Å². The second-order valence-electron chi connectivity index (χ2n) is 1.65. The Morgan fingerprint density at radius 2 is 2.60 bits per heavy atom. The number of hydrogen-bond acceptors (Lipinski definition) is 4. The van der Waals surface area contributed by atoms with Gasteiger partial charge >= 0.3 is 0 Å². The van der Waals surface area contributed by atoms with Gasteiger partial charge < -0.3 is 10.8 Å². The Morgan fingerprint density at radius 1 is 1.90 bits per heavy atom. The van der Waals surface area contributed by atoms with Gasteiger partial charge in [-0.3, -0.25) is 0 Å². The second kappa shape index (κ2) is 3.05. The third-order valence-corrected chi connectivity index (χ3v) is 2.26. The van der Waals surface area contributed by atoms with Gasteiger partial charge in [0.05, 0.1) is 11.5 Å². The van der Waals surface area contributed by atoms with Crippen LogP contribution in [-0.2, 0) is 6.61 Å². The Balaban J connectivity index is 2.88. The van der Waals surface area contributed by atoms with E-state index in [4.69, 9.17) is 10.8 Å². The molecule has 0 aliphatic heterocycles. The molecule has 5 heteroatoms. The number of nitrogens with two attached hydrogens (primary N) is 1. The van der Waals surface area contributed by atoms with E-state index in [0.29, 0.717) is 5.01 Å². The third kappa shape index (κ3) is 1.50.